The number of Topliss-reactive ketones (excluding diaryl/α,β-unsaturated/α-hetero) is 2. The molecule has 0 bridgehead atoms. The summed E-state index contributed by atoms with van der Waals surface area (Å²) in [4.78, 5) is 45.8. The van der Waals surface area contributed by atoms with E-state index in [-0.39, 0.29) is 39.2 Å². The van der Waals surface area contributed by atoms with Crippen LogP contribution in [0.3, 0.4) is 0 Å². The molecule has 0 spiro atoms. The summed E-state index contributed by atoms with van der Waals surface area (Å²) in [7, 11) is 1.75. The number of ether oxygens (including phenoxy) is 2. The van der Waals surface area contributed by atoms with Crippen LogP contribution in [0, 0.1) is 27.6 Å². The monoisotopic (exact) mass is 614 g/mol. The highest BCUT2D eigenvalue weighted by Gasteiger charge is 2.25. The van der Waals surface area contributed by atoms with E-state index in [1.165, 1.54) is 0 Å². The third-order valence-electron chi connectivity index (χ3n) is 5.92. The second-order valence-corrected chi connectivity index (χ2v) is 16.8. The molecule has 0 unspecified atom stereocenters. The molecular formula is C36H71NO6. The van der Waals surface area contributed by atoms with E-state index < -0.39 is 0 Å². The Morgan fingerprint density at radius 2 is 1.02 bits per heavy atom. The highest BCUT2D eigenvalue weighted by Crippen LogP contribution is 2.25. The van der Waals surface area contributed by atoms with Gasteiger partial charge in [-0.3, -0.25) is 9.59 Å². The first-order valence-electron chi connectivity index (χ1n) is 16.1. The number of nitrogens with zero attached hydrogens (tertiary/aromatic N) is 1. The van der Waals surface area contributed by atoms with Gasteiger partial charge >= 0.3 is 5.97 Å². The number of esters is 1. The predicted octanol–water partition coefficient (Wildman–Crippen LogP) is 8.71. The van der Waals surface area contributed by atoms with Crippen molar-refractivity contribution in [2.75, 3.05) is 33.4 Å². The molecule has 0 atom stereocenters. The number of hydrogen-bond acceptors (Lipinski definition) is 6. The molecule has 1 fully saturated rings. The summed E-state index contributed by atoms with van der Waals surface area (Å²) in [6.07, 6.45) is 5.95. The topological polar surface area (TPSA) is 90.0 Å². The van der Waals surface area contributed by atoms with Crippen LogP contribution in [0.4, 0.5) is 0 Å². The minimum atomic E-state index is -0.102. The summed E-state index contributed by atoms with van der Waals surface area (Å²) in [5.41, 5.74) is 0.494. The van der Waals surface area contributed by atoms with E-state index in [1.54, 1.807) is 21.0 Å². The molecule has 7 nitrogen and oxygen atoms in total. The lowest BCUT2D eigenvalue weighted by Crippen LogP contribution is -2.40. The number of carbonyl (C=O) groups excluding carboxylic acids is 4. The smallest absolute Gasteiger partial charge is 0.306 e. The van der Waals surface area contributed by atoms with Gasteiger partial charge in [0.1, 0.15) is 11.6 Å². The van der Waals surface area contributed by atoms with Crippen molar-refractivity contribution in [3.05, 3.63) is 0 Å². The van der Waals surface area contributed by atoms with Crippen LogP contribution >= 0.6 is 0 Å². The van der Waals surface area contributed by atoms with Crippen LogP contribution in [0.5, 0.6) is 0 Å². The maximum atomic E-state index is 12.0. The van der Waals surface area contributed by atoms with E-state index in [1.807, 2.05) is 32.6 Å². The molecule has 0 aromatic rings. The van der Waals surface area contributed by atoms with Crippen molar-refractivity contribution in [3.63, 3.8) is 0 Å². The summed E-state index contributed by atoms with van der Waals surface area (Å²) in [6.45, 7) is 33.1. The minimum absolute atomic E-state index is 0.0479. The highest BCUT2D eigenvalue weighted by molar-refractivity contribution is 5.77. The SMILES string of the molecule is CC(=O)CC(C)(C)C.CC(=O)CC(C)(C)C.CCOC(=O)CC(C)(C)C.COCCC1CCN(C(=O)CC(C)(C)C)CC1. The second kappa shape index (κ2) is 21.9. The van der Waals surface area contributed by atoms with Gasteiger partial charge in [0.25, 0.3) is 0 Å². The number of likely N-dealkylation sites (tertiary alicyclic amines) is 1. The van der Waals surface area contributed by atoms with Crippen LogP contribution in [0.2, 0.25) is 0 Å². The maximum absolute atomic E-state index is 12.0. The van der Waals surface area contributed by atoms with Crippen LogP contribution in [-0.2, 0) is 28.7 Å². The van der Waals surface area contributed by atoms with Crippen LogP contribution < -0.4 is 0 Å². The van der Waals surface area contributed by atoms with Gasteiger partial charge < -0.3 is 24.0 Å². The van der Waals surface area contributed by atoms with Crippen LogP contribution in [-0.4, -0.2) is 61.8 Å². The van der Waals surface area contributed by atoms with Crippen molar-refractivity contribution in [3.8, 4) is 0 Å². The molecule has 7 heteroatoms. The van der Waals surface area contributed by atoms with E-state index in [9.17, 15) is 19.2 Å². The zero-order chi connectivity index (χ0) is 34.7. The lowest BCUT2D eigenvalue weighted by atomic mass is 9.90. The van der Waals surface area contributed by atoms with Gasteiger partial charge in [0.05, 0.1) is 13.0 Å². The zero-order valence-electron chi connectivity index (χ0n) is 31.3. The molecule has 1 aliphatic heterocycles. The minimum Gasteiger partial charge on any atom is -0.466 e. The first-order valence-corrected chi connectivity index (χ1v) is 16.1. The number of carbonyl (C=O) groups is 4. The van der Waals surface area contributed by atoms with Crippen molar-refractivity contribution < 1.29 is 28.7 Å². The van der Waals surface area contributed by atoms with Crippen molar-refractivity contribution in [1.82, 2.24) is 4.90 Å². The summed E-state index contributed by atoms with van der Waals surface area (Å²) in [5, 5.41) is 0. The van der Waals surface area contributed by atoms with Gasteiger partial charge in [0.2, 0.25) is 5.91 Å². The fraction of sp³-hybridized carbons (Fsp3) is 0.889. The van der Waals surface area contributed by atoms with Crippen LogP contribution in [0.15, 0.2) is 0 Å². The van der Waals surface area contributed by atoms with Crippen molar-refractivity contribution in [2.45, 2.75) is 149 Å². The fourth-order valence-corrected chi connectivity index (χ4v) is 4.46. The number of methoxy groups -OCH3 is 1. The molecule has 256 valence electrons. The lowest BCUT2D eigenvalue weighted by molar-refractivity contribution is -0.145. The van der Waals surface area contributed by atoms with Gasteiger partial charge in [-0.2, -0.15) is 0 Å². The second-order valence-electron chi connectivity index (χ2n) is 16.8. The Morgan fingerprint density at radius 1 is 0.651 bits per heavy atom. The Kier molecular flexibility index (Phi) is 23.2. The van der Waals surface area contributed by atoms with E-state index >= 15 is 0 Å². The van der Waals surface area contributed by atoms with Gasteiger partial charge in [-0.15, -0.1) is 0 Å². The Morgan fingerprint density at radius 3 is 1.28 bits per heavy atom. The van der Waals surface area contributed by atoms with Gasteiger partial charge in [0, 0.05) is 46.1 Å². The molecule has 0 aromatic heterocycles. The summed E-state index contributed by atoms with van der Waals surface area (Å²) in [5.74, 6) is 1.52. The molecular weight excluding hydrogens is 542 g/mol. The Bertz CT molecular complexity index is 757. The van der Waals surface area contributed by atoms with Gasteiger partial charge in [0.15, 0.2) is 0 Å². The fourth-order valence-electron chi connectivity index (χ4n) is 4.46. The Balaban J connectivity index is -0.000000531. The van der Waals surface area contributed by atoms with Crippen molar-refractivity contribution in [2.24, 2.45) is 27.6 Å². The standard InChI is InChI=1S/C14H27NO2.C8H16O2.2C7H14O/c1-14(2,3)11-13(16)15-8-5-12(6-9-15)7-10-17-4;1-5-10-7(9)6-8(2,3)4;2*1-6(8)5-7(2,3)4/h12H,5-11H2,1-4H3;5-6H2,1-4H3;2*5H2,1-4H3. The first-order chi connectivity index (χ1) is 19.2. The molecule has 1 aliphatic rings. The van der Waals surface area contributed by atoms with Crippen LogP contribution in [0.25, 0.3) is 0 Å². The number of piperidine rings is 1. The lowest BCUT2D eigenvalue weighted by Gasteiger charge is -2.33. The Labute approximate surface area is 266 Å². The van der Waals surface area contributed by atoms with E-state index in [2.05, 4.69) is 62.3 Å². The number of ketones is 2. The molecule has 1 rings (SSSR count). The summed E-state index contributed by atoms with van der Waals surface area (Å²) in [6, 6.07) is 0. The highest BCUT2D eigenvalue weighted by atomic mass is 16.5. The number of amides is 1. The third-order valence-corrected chi connectivity index (χ3v) is 5.92. The van der Waals surface area contributed by atoms with Crippen molar-refractivity contribution >= 4 is 23.4 Å². The predicted molar refractivity (Wildman–Crippen MR) is 180 cm³/mol. The van der Waals surface area contributed by atoms with E-state index in [0.29, 0.717) is 38.2 Å². The van der Waals surface area contributed by atoms with E-state index in [0.717, 1.165) is 44.9 Å². The Hall–Kier alpha value is -1.76. The van der Waals surface area contributed by atoms with Gasteiger partial charge in [-0.25, -0.2) is 0 Å². The van der Waals surface area contributed by atoms with Gasteiger partial charge in [-0.05, 0) is 67.6 Å². The van der Waals surface area contributed by atoms with E-state index in [4.69, 9.17) is 9.47 Å². The first kappa shape index (κ1) is 45.7. The average Bonchev–Trinajstić information content (AvgIpc) is 2.73. The molecule has 0 aromatic carbocycles. The molecule has 0 saturated carbocycles. The number of rotatable bonds is 8. The van der Waals surface area contributed by atoms with Gasteiger partial charge in [-0.1, -0.05) is 83.1 Å². The van der Waals surface area contributed by atoms with Crippen molar-refractivity contribution in [1.29, 1.82) is 0 Å². The number of hydrogen-bond donors (Lipinski definition) is 0. The molecule has 1 saturated heterocycles. The normalized spacial score (nSPS) is 14.2. The molecule has 1 amide bonds. The summed E-state index contributed by atoms with van der Waals surface area (Å²) < 4.78 is 9.88. The maximum Gasteiger partial charge on any atom is 0.306 e. The largest absolute Gasteiger partial charge is 0.466 e. The molecule has 0 N–H and O–H groups in total. The molecule has 0 radical (unpaired) electrons. The zero-order valence-corrected chi connectivity index (χ0v) is 31.3. The van der Waals surface area contributed by atoms with Crippen LogP contribution in [0.1, 0.15) is 149 Å². The quantitative estimate of drug-likeness (QED) is 0.254. The molecule has 1 heterocycles. The summed E-state index contributed by atoms with van der Waals surface area (Å²) >= 11 is 0. The molecule has 43 heavy (non-hydrogen) atoms. The third kappa shape index (κ3) is 38.2. The average molecular weight is 614 g/mol. The molecule has 0 aliphatic carbocycles.